The second kappa shape index (κ2) is 13.0. The van der Waals surface area contributed by atoms with E-state index in [1.54, 1.807) is 22.8 Å². The molecule has 1 aromatic rings. The zero-order valence-corrected chi connectivity index (χ0v) is 25.3. The summed E-state index contributed by atoms with van der Waals surface area (Å²) in [6, 6.07) is 6.96. The third-order valence-corrected chi connectivity index (χ3v) is 9.35. The van der Waals surface area contributed by atoms with Gasteiger partial charge in [-0.05, 0) is 70.7 Å². The highest BCUT2D eigenvalue weighted by molar-refractivity contribution is 9.09. The summed E-state index contributed by atoms with van der Waals surface area (Å²) in [5, 5.41) is 9.25. The van der Waals surface area contributed by atoms with Crippen LogP contribution in [0.15, 0.2) is 36.9 Å². The van der Waals surface area contributed by atoms with Gasteiger partial charge < -0.3 is 29.3 Å². The number of likely N-dealkylation sites (tertiary alicyclic amines) is 1. The van der Waals surface area contributed by atoms with Crippen molar-refractivity contribution in [2.75, 3.05) is 49.2 Å². The Morgan fingerprint density at radius 2 is 1.85 bits per heavy atom. The minimum absolute atomic E-state index is 0.0699. The van der Waals surface area contributed by atoms with E-state index < -0.39 is 35.6 Å². The molecule has 1 spiro atoms. The van der Waals surface area contributed by atoms with Crippen molar-refractivity contribution >= 4 is 45.1 Å². The van der Waals surface area contributed by atoms with Gasteiger partial charge in [0.05, 0.1) is 24.5 Å². The summed E-state index contributed by atoms with van der Waals surface area (Å²) in [4.78, 5) is 47.1. The van der Waals surface area contributed by atoms with Gasteiger partial charge >= 0.3 is 5.97 Å². The first-order valence-electron chi connectivity index (χ1n) is 14.5. The van der Waals surface area contributed by atoms with Crippen molar-refractivity contribution in [3.05, 3.63) is 36.9 Å². The normalized spacial score (nSPS) is 28.5. The van der Waals surface area contributed by atoms with Crippen LogP contribution in [-0.4, -0.2) is 89.8 Å². The average molecular weight is 621 g/mol. The Morgan fingerprint density at radius 3 is 2.45 bits per heavy atom. The number of halogens is 1. The Hall–Kier alpha value is -2.43. The Morgan fingerprint density at radius 1 is 1.18 bits per heavy atom. The molecule has 3 aliphatic rings. The maximum absolute atomic E-state index is 14.6. The summed E-state index contributed by atoms with van der Waals surface area (Å²) in [5.41, 5.74) is 0.637. The molecule has 220 valence electrons. The smallest absolute Gasteiger partial charge is 0.312 e. The van der Waals surface area contributed by atoms with Crippen LogP contribution in [0.1, 0.15) is 46.5 Å². The van der Waals surface area contributed by atoms with Crippen LogP contribution in [-0.2, 0) is 23.9 Å². The van der Waals surface area contributed by atoms with Gasteiger partial charge in [0.2, 0.25) is 5.91 Å². The van der Waals surface area contributed by atoms with Gasteiger partial charge in [-0.15, -0.1) is 6.58 Å². The standard InChI is InChI=1S/C30H42BrN3O6/c1-5-16-33(21-14-12-20(13-15-21)32(6-2)7-3)28(37)26-30-19-22(31)25(40-30)23(29(38)39-8-4)24(30)27(36)34(26)17-10-9-11-18-35/h5,12-15,22-26,35H,1,6-11,16-19H2,2-4H3/t22?,23-,24-,25-,26?,30?/m0/s1. The molecule has 3 heterocycles. The third-order valence-electron chi connectivity index (χ3n) is 8.51. The lowest BCUT2D eigenvalue weighted by Gasteiger charge is -2.37. The molecule has 2 amide bonds. The number of carbonyl (C=O) groups is 3. The van der Waals surface area contributed by atoms with Gasteiger partial charge in [-0.25, -0.2) is 0 Å². The van der Waals surface area contributed by atoms with E-state index >= 15 is 0 Å². The molecule has 4 rings (SSSR count). The molecule has 9 nitrogen and oxygen atoms in total. The van der Waals surface area contributed by atoms with Crippen LogP contribution < -0.4 is 9.80 Å². The molecule has 0 aromatic heterocycles. The topological polar surface area (TPSA) is 99.6 Å². The zero-order valence-electron chi connectivity index (χ0n) is 23.8. The lowest BCUT2D eigenvalue weighted by atomic mass is 9.70. The van der Waals surface area contributed by atoms with Gasteiger partial charge in [-0.2, -0.15) is 0 Å². The fraction of sp³-hybridized carbons (Fsp3) is 0.633. The van der Waals surface area contributed by atoms with Crippen LogP contribution in [0, 0.1) is 11.8 Å². The van der Waals surface area contributed by atoms with Crippen molar-refractivity contribution in [1.82, 2.24) is 4.90 Å². The zero-order chi connectivity index (χ0) is 29.0. The molecule has 1 N–H and O–H groups in total. The maximum Gasteiger partial charge on any atom is 0.312 e. The summed E-state index contributed by atoms with van der Waals surface area (Å²) >= 11 is 3.69. The Kier molecular flexibility index (Phi) is 9.95. The summed E-state index contributed by atoms with van der Waals surface area (Å²) in [5.74, 6) is -2.51. The van der Waals surface area contributed by atoms with Crippen molar-refractivity contribution in [2.24, 2.45) is 11.8 Å². The molecular formula is C30H42BrN3O6. The van der Waals surface area contributed by atoms with Gasteiger partial charge in [-0.3, -0.25) is 14.4 Å². The highest BCUT2D eigenvalue weighted by Crippen LogP contribution is 2.60. The number of benzene rings is 1. The number of hydrogen-bond donors (Lipinski definition) is 1. The molecule has 3 aliphatic heterocycles. The molecule has 3 unspecified atom stereocenters. The predicted octanol–water partition coefficient (Wildman–Crippen LogP) is 3.53. The van der Waals surface area contributed by atoms with E-state index in [1.165, 1.54) is 0 Å². The molecule has 1 aromatic carbocycles. The quantitative estimate of drug-likeness (QED) is 0.147. The van der Waals surface area contributed by atoms with Gasteiger partial charge in [0.1, 0.15) is 11.6 Å². The molecule has 2 bridgehead atoms. The molecule has 40 heavy (non-hydrogen) atoms. The number of carbonyl (C=O) groups excluding carboxylic acids is 3. The maximum atomic E-state index is 14.6. The van der Waals surface area contributed by atoms with E-state index in [0.717, 1.165) is 18.8 Å². The number of nitrogens with zero attached hydrogens (tertiary/aromatic N) is 3. The van der Waals surface area contributed by atoms with Crippen LogP contribution in [0.3, 0.4) is 0 Å². The predicted molar refractivity (Wildman–Crippen MR) is 158 cm³/mol. The molecule has 3 saturated heterocycles. The van der Waals surface area contributed by atoms with Crippen molar-refractivity contribution in [3.8, 4) is 0 Å². The first-order chi connectivity index (χ1) is 19.3. The van der Waals surface area contributed by atoms with Crippen LogP contribution in [0.5, 0.6) is 0 Å². The summed E-state index contributed by atoms with van der Waals surface area (Å²) in [6.07, 6.45) is 3.54. The summed E-state index contributed by atoms with van der Waals surface area (Å²) in [6.45, 7) is 12.4. The molecular weight excluding hydrogens is 578 g/mol. The largest absolute Gasteiger partial charge is 0.466 e. The number of rotatable bonds is 14. The van der Waals surface area contributed by atoms with Gasteiger partial charge in [0.25, 0.3) is 5.91 Å². The average Bonchev–Trinajstić information content (AvgIpc) is 3.54. The highest BCUT2D eigenvalue weighted by atomic mass is 79.9. The molecule has 6 atom stereocenters. The number of alkyl halides is 1. The lowest BCUT2D eigenvalue weighted by molar-refractivity contribution is -0.154. The molecule has 10 heteroatoms. The number of aliphatic hydroxyl groups excluding tert-OH is 1. The van der Waals surface area contributed by atoms with E-state index in [1.807, 2.05) is 24.3 Å². The number of unbranched alkanes of at least 4 members (excludes halogenated alkanes) is 2. The third kappa shape index (κ3) is 5.30. The van der Waals surface area contributed by atoms with E-state index in [9.17, 15) is 19.5 Å². The van der Waals surface area contributed by atoms with Crippen molar-refractivity contribution in [3.63, 3.8) is 0 Å². The minimum atomic E-state index is -1.14. The second-order valence-corrected chi connectivity index (χ2v) is 11.8. The lowest BCUT2D eigenvalue weighted by Crippen LogP contribution is -2.57. The second-order valence-electron chi connectivity index (χ2n) is 10.7. The molecule has 3 fully saturated rings. The number of ether oxygens (including phenoxy) is 2. The SMILES string of the molecule is C=CCN(C(=O)C1N(CCCCCO)C(=O)[C@@H]2[C@H](C(=O)OCC)[C@H]3OC12CC3Br)c1ccc(N(CC)CC)cc1. The number of esters is 1. The summed E-state index contributed by atoms with van der Waals surface area (Å²) < 4.78 is 11.9. The molecule has 0 saturated carbocycles. The number of fused-ring (bicyclic) bond motifs is 1. The fourth-order valence-electron chi connectivity index (χ4n) is 6.76. The van der Waals surface area contributed by atoms with Gasteiger partial charge in [0.15, 0.2) is 0 Å². The number of anilines is 2. The number of amides is 2. The monoisotopic (exact) mass is 619 g/mol. The Balaban J connectivity index is 1.72. The van der Waals surface area contributed by atoms with Gasteiger partial charge in [0, 0.05) is 49.0 Å². The van der Waals surface area contributed by atoms with E-state index in [4.69, 9.17) is 9.47 Å². The van der Waals surface area contributed by atoms with E-state index in [-0.39, 0.29) is 36.4 Å². The summed E-state index contributed by atoms with van der Waals surface area (Å²) in [7, 11) is 0. The van der Waals surface area contributed by atoms with Crippen LogP contribution >= 0.6 is 15.9 Å². The van der Waals surface area contributed by atoms with Gasteiger partial charge in [-0.1, -0.05) is 22.0 Å². The number of aliphatic hydroxyl groups is 1. The molecule has 0 aliphatic carbocycles. The Labute approximate surface area is 245 Å². The van der Waals surface area contributed by atoms with Crippen molar-refractivity contribution in [2.45, 2.75) is 69.0 Å². The first-order valence-corrected chi connectivity index (χ1v) is 15.4. The van der Waals surface area contributed by atoms with Crippen molar-refractivity contribution in [1.29, 1.82) is 0 Å². The highest BCUT2D eigenvalue weighted by Gasteiger charge is 2.77. The first kappa shape index (κ1) is 30.5. The minimum Gasteiger partial charge on any atom is -0.466 e. The fourth-order valence-corrected chi connectivity index (χ4v) is 7.70. The molecule has 0 radical (unpaired) electrons. The van der Waals surface area contributed by atoms with Crippen LogP contribution in [0.2, 0.25) is 0 Å². The van der Waals surface area contributed by atoms with Crippen LogP contribution in [0.4, 0.5) is 11.4 Å². The van der Waals surface area contributed by atoms with Crippen LogP contribution in [0.25, 0.3) is 0 Å². The number of hydrogen-bond acceptors (Lipinski definition) is 7. The van der Waals surface area contributed by atoms with E-state index in [0.29, 0.717) is 37.9 Å². The van der Waals surface area contributed by atoms with Crippen molar-refractivity contribution < 1.29 is 29.0 Å². The Bertz CT molecular complexity index is 1080. The van der Waals surface area contributed by atoms with E-state index in [2.05, 4.69) is 41.3 Å².